The number of nitrogens with zero attached hydrogens (tertiary/aromatic N) is 4. The lowest BCUT2D eigenvalue weighted by atomic mass is 9.89. The van der Waals surface area contributed by atoms with Crippen LogP contribution in [0, 0.1) is 5.92 Å². The number of thiophene rings is 1. The Hall–Kier alpha value is -1.20. The number of fused-ring (bicyclic) bond motifs is 1. The smallest absolute Gasteiger partial charge is 0.150 e. The molecule has 1 saturated carbocycles. The molecular formula is C17H24N4S. The molecule has 3 heterocycles. The maximum Gasteiger partial charge on any atom is 0.150 e. The van der Waals surface area contributed by atoms with Crippen LogP contribution in [0.1, 0.15) is 32.1 Å². The van der Waals surface area contributed by atoms with Crippen LogP contribution in [0.25, 0.3) is 10.2 Å². The molecule has 2 aromatic rings. The Kier molecular flexibility index (Phi) is 4.26. The van der Waals surface area contributed by atoms with Crippen LogP contribution in [0.4, 0.5) is 5.82 Å². The minimum absolute atomic E-state index is 0.948. The van der Waals surface area contributed by atoms with Crippen LogP contribution in [0.5, 0.6) is 0 Å². The normalized spacial score (nSPS) is 21.5. The first kappa shape index (κ1) is 14.4. The summed E-state index contributed by atoms with van der Waals surface area (Å²) in [5, 5.41) is 2.11. The van der Waals surface area contributed by atoms with Crippen LogP contribution in [-0.2, 0) is 0 Å². The van der Waals surface area contributed by atoms with E-state index in [1.54, 1.807) is 17.7 Å². The van der Waals surface area contributed by atoms with Gasteiger partial charge in [-0.2, -0.15) is 0 Å². The summed E-state index contributed by atoms with van der Waals surface area (Å²) < 4.78 is 1.24. The molecule has 0 bridgehead atoms. The number of hydrogen-bond donors (Lipinski definition) is 0. The van der Waals surface area contributed by atoms with Gasteiger partial charge in [0.15, 0.2) is 0 Å². The van der Waals surface area contributed by atoms with Gasteiger partial charge in [-0.3, -0.25) is 4.90 Å². The summed E-state index contributed by atoms with van der Waals surface area (Å²) in [5.41, 5.74) is 1.08. The Labute approximate surface area is 136 Å². The molecule has 5 heteroatoms. The van der Waals surface area contributed by atoms with Crippen molar-refractivity contribution in [3.63, 3.8) is 0 Å². The van der Waals surface area contributed by atoms with E-state index in [0.29, 0.717) is 0 Å². The van der Waals surface area contributed by atoms with Crippen molar-refractivity contribution in [2.24, 2.45) is 5.92 Å². The van der Waals surface area contributed by atoms with Gasteiger partial charge in [0.2, 0.25) is 0 Å². The highest BCUT2D eigenvalue weighted by molar-refractivity contribution is 7.17. The van der Waals surface area contributed by atoms with Crippen molar-refractivity contribution in [2.75, 3.05) is 37.6 Å². The molecule has 1 aliphatic heterocycles. The fourth-order valence-electron chi connectivity index (χ4n) is 3.88. The topological polar surface area (TPSA) is 32.3 Å². The summed E-state index contributed by atoms with van der Waals surface area (Å²) in [4.78, 5) is 14.0. The second kappa shape index (κ2) is 6.50. The first-order valence-corrected chi connectivity index (χ1v) is 9.43. The van der Waals surface area contributed by atoms with E-state index < -0.39 is 0 Å². The number of hydrogen-bond acceptors (Lipinski definition) is 5. The molecule has 118 valence electrons. The Bertz CT molecular complexity index is 612. The van der Waals surface area contributed by atoms with Gasteiger partial charge in [0.1, 0.15) is 12.1 Å². The van der Waals surface area contributed by atoms with Gasteiger partial charge in [-0.1, -0.05) is 19.3 Å². The third kappa shape index (κ3) is 2.97. The Morgan fingerprint density at radius 3 is 2.68 bits per heavy atom. The van der Waals surface area contributed by atoms with Gasteiger partial charge in [0.05, 0.1) is 10.2 Å². The zero-order valence-electron chi connectivity index (χ0n) is 13.1. The van der Waals surface area contributed by atoms with Crippen molar-refractivity contribution < 1.29 is 0 Å². The van der Waals surface area contributed by atoms with E-state index in [0.717, 1.165) is 30.3 Å². The Morgan fingerprint density at radius 1 is 1.05 bits per heavy atom. The molecular weight excluding hydrogens is 292 g/mol. The van der Waals surface area contributed by atoms with E-state index in [2.05, 4.69) is 31.2 Å². The molecule has 1 aliphatic carbocycles. The van der Waals surface area contributed by atoms with Crippen LogP contribution >= 0.6 is 11.3 Å². The van der Waals surface area contributed by atoms with E-state index in [-0.39, 0.29) is 0 Å². The first-order chi connectivity index (χ1) is 10.9. The lowest BCUT2D eigenvalue weighted by molar-refractivity contribution is 0.192. The van der Waals surface area contributed by atoms with Gasteiger partial charge in [0, 0.05) is 32.7 Å². The summed E-state index contributed by atoms with van der Waals surface area (Å²) in [6, 6.07) is 2.09. The van der Waals surface area contributed by atoms with Gasteiger partial charge in [-0.25, -0.2) is 9.97 Å². The lowest BCUT2D eigenvalue weighted by Gasteiger charge is -2.37. The van der Waals surface area contributed by atoms with E-state index in [9.17, 15) is 0 Å². The minimum atomic E-state index is 0.948. The number of rotatable bonds is 3. The molecule has 0 atom stereocenters. The fraction of sp³-hybridized carbons (Fsp3) is 0.647. The zero-order chi connectivity index (χ0) is 14.8. The SMILES string of the molecule is c1nc(N2CCN(CC3CCCCC3)CC2)c2sccc2n1. The summed E-state index contributed by atoms with van der Waals surface area (Å²) >= 11 is 1.76. The largest absolute Gasteiger partial charge is 0.353 e. The van der Waals surface area contributed by atoms with E-state index in [4.69, 9.17) is 0 Å². The number of anilines is 1. The summed E-state index contributed by atoms with van der Waals surface area (Å²) in [7, 11) is 0. The molecule has 2 fully saturated rings. The molecule has 4 rings (SSSR count). The van der Waals surface area contributed by atoms with Crippen molar-refractivity contribution in [1.82, 2.24) is 14.9 Å². The molecule has 0 N–H and O–H groups in total. The first-order valence-electron chi connectivity index (χ1n) is 8.55. The number of aromatic nitrogens is 2. The quantitative estimate of drug-likeness (QED) is 0.869. The van der Waals surface area contributed by atoms with Crippen LogP contribution < -0.4 is 4.90 Å². The van der Waals surface area contributed by atoms with Gasteiger partial charge < -0.3 is 4.90 Å². The standard InChI is InChI=1S/C17H24N4S/c1-2-4-14(5-3-1)12-20-7-9-21(10-8-20)17-16-15(6-11-22-16)18-13-19-17/h6,11,13-14H,1-5,7-10,12H2. The second-order valence-corrected chi connectivity index (χ2v) is 7.54. The summed E-state index contributed by atoms with van der Waals surface area (Å²) in [6.07, 6.45) is 8.95. The van der Waals surface area contributed by atoms with E-state index >= 15 is 0 Å². The van der Waals surface area contributed by atoms with Gasteiger partial charge in [0.25, 0.3) is 0 Å². The maximum atomic E-state index is 4.55. The highest BCUT2D eigenvalue weighted by Crippen LogP contribution is 2.29. The highest BCUT2D eigenvalue weighted by atomic mass is 32.1. The molecule has 0 unspecified atom stereocenters. The molecule has 1 saturated heterocycles. The van der Waals surface area contributed by atoms with Crippen LogP contribution in [0.3, 0.4) is 0 Å². The summed E-state index contributed by atoms with van der Waals surface area (Å²) in [5.74, 6) is 2.08. The highest BCUT2D eigenvalue weighted by Gasteiger charge is 2.23. The predicted molar refractivity (Wildman–Crippen MR) is 92.6 cm³/mol. The van der Waals surface area contributed by atoms with Crippen molar-refractivity contribution in [2.45, 2.75) is 32.1 Å². The molecule has 22 heavy (non-hydrogen) atoms. The molecule has 4 nitrogen and oxygen atoms in total. The van der Waals surface area contributed by atoms with E-state index in [1.165, 1.54) is 56.4 Å². The molecule has 0 radical (unpaired) electrons. The minimum Gasteiger partial charge on any atom is -0.353 e. The molecule has 0 aromatic carbocycles. The average Bonchev–Trinajstić information content (AvgIpc) is 3.05. The Balaban J connectivity index is 1.38. The van der Waals surface area contributed by atoms with Crippen LogP contribution in [0.2, 0.25) is 0 Å². The maximum absolute atomic E-state index is 4.55. The van der Waals surface area contributed by atoms with Crippen LogP contribution in [-0.4, -0.2) is 47.6 Å². The van der Waals surface area contributed by atoms with Crippen molar-refractivity contribution in [3.8, 4) is 0 Å². The van der Waals surface area contributed by atoms with Gasteiger partial charge >= 0.3 is 0 Å². The van der Waals surface area contributed by atoms with Crippen molar-refractivity contribution in [3.05, 3.63) is 17.8 Å². The van der Waals surface area contributed by atoms with Crippen molar-refractivity contribution >= 4 is 27.4 Å². The second-order valence-electron chi connectivity index (χ2n) is 6.62. The number of piperazine rings is 1. The fourth-order valence-corrected chi connectivity index (χ4v) is 4.74. The zero-order valence-corrected chi connectivity index (χ0v) is 13.9. The van der Waals surface area contributed by atoms with Crippen LogP contribution in [0.15, 0.2) is 17.8 Å². The molecule has 2 aromatic heterocycles. The average molecular weight is 316 g/mol. The van der Waals surface area contributed by atoms with Crippen molar-refractivity contribution in [1.29, 1.82) is 0 Å². The third-order valence-electron chi connectivity index (χ3n) is 5.14. The van der Waals surface area contributed by atoms with E-state index in [1.807, 2.05) is 0 Å². The summed E-state index contributed by atoms with van der Waals surface area (Å²) in [6.45, 7) is 5.85. The Morgan fingerprint density at radius 2 is 1.86 bits per heavy atom. The molecule has 0 spiro atoms. The lowest BCUT2D eigenvalue weighted by Crippen LogP contribution is -2.48. The molecule has 0 amide bonds. The van der Waals surface area contributed by atoms with Gasteiger partial charge in [-0.05, 0) is 30.2 Å². The third-order valence-corrected chi connectivity index (χ3v) is 6.04. The monoisotopic (exact) mass is 316 g/mol. The predicted octanol–water partition coefficient (Wildman–Crippen LogP) is 3.39. The molecule has 2 aliphatic rings. The van der Waals surface area contributed by atoms with Gasteiger partial charge in [-0.15, -0.1) is 11.3 Å².